The van der Waals surface area contributed by atoms with Crippen LogP contribution in [0.1, 0.15) is 23.3 Å². The number of aromatic nitrogens is 1. The maximum atomic E-state index is 13.2. The lowest BCUT2D eigenvalue weighted by molar-refractivity contribution is -0.140. The number of amides is 1. The van der Waals surface area contributed by atoms with Gasteiger partial charge in [0.2, 0.25) is 0 Å². The van der Waals surface area contributed by atoms with Crippen LogP contribution in [0.2, 0.25) is 0 Å². The number of thiazole rings is 1. The monoisotopic (exact) mass is 385 g/mol. The number of benzene rings is 1. The Morgan fingerprint density at radius 1 is 1.44 bits per heavy atom. The molecule has 1 fully saturated rings. The van der Waals surface area contributed by atoms with E-state index < -0.39 is 5.60 Å². The molecular formula is C17H21ClFN3O2S. The molecule has 1 saturated heterocycles. The van der Waals surface area contributed by atoms with Crippen molar-refractivity contribution in [1.29, 1.82) is 0 Å². The van der Waals surface area contributed by atoms with E-state index in [0.717, 1.165) is 23.5 Å². The van der Waals surface area contributed by atoms with Crippen molar-refractivity contribution in [3.8, 4) is 0 Å². The number of carbonyl (C=O) groups excluding carboxylic acids is 1. The van der Waals surface area contributed by atoms with Crippen molar-refractivity contribution in [3.63, 3.8) is 0 Å². The van der Waals surface area contributed by atoms with Crippen molar-refractivity contribution in [2.45, 2.75) is 24.9 Å². The van der Waals surface area contributed by atoms with E-state index in [9.17, 15) is 9.18 Å². The van der Waals surface area contributed by atoms with Gasteiger partial charge in [-0.15, -0.1) is 23.7 Å². The van der Waals surface area contributed by atoms with Crippen LogP contribution in [0.15, 0.2) is 30.5 Å². The van der Waals surface area contributed by atoms with E-state index in [-0.39, 0.29) is 24.1 Å². The van der Waals surface area contributed by atoms with E-state index in [4.69, 9.17) is 4.74 Å². The first kappa shape index (κ1) is 19.8. The van der Waals surface area contributed by atoms with Gasteiger partial charge in [0.25, 0.3) is 5.91 Å². The molecule has 2 N–H and O–H groups in total. The number of piperidine rings is 1. The van der Waals surface area contributed by atoms with E-state index in [1.54, 1.807) is 19.4 Å². The quantitative estimate of drug-likeness (QED) is 0.830. The molecule has 1 aliphatic heterocycles. The molecule has 2 aromatic rings. The second kappa shape index (κ2) is 8.71. The third-order valence-electron chi connectivity index (χ3n) is 4.26. The highest BCUT2D eigenvalue weighted by atomic mass is 35.5. The van der Waals surface area contributed by atoms with Crippen LogP contribution in [0, 0.1) is 5.82 Å². The van der Waals surface area contributed by atoms with Crippen LogP contribution in [0.4, 0.5) is 9.52 Å². The maximum absolute atomic E-state index is 13.2. The second-order valence-corrected chi connectivity index (χ2v) is 6.96. The van der Waals surface area contributed by atoms with Gasteiger partial charge in [-0.3, -0.25) is 10.1 Å². The summed E-state index contributed by atoms with van der Waals surface area (Å²) in [7, 11) is 1.57. The molecule has 0 bridgehead atoms. The Balaban J connectivity index is 0.00000225. The molecule has 0 radical (unpaired) electrons. The fourth-order valence-electron chi connectivity index (χ4n) is 2.86. The lowest BCUT2D eigenvalue weighted by Gasteiger charge is -2.34. The smallest absolute Gasteiger partial charge is 0.258 e. The molecule has 1 amide bonds. The van der Waals surface area contributed by atoms with Crippen molar-refractivity contribution in [2.75, 3.05) is 25.5 Å². The van der Waals surface area contributed by atoms with Crippen LogP contribution in [-0.4, -0.2) is 36.7 Å². The molecule has 1 aromatic heterocycles. The van der Waals surface area contributed by atoms with Crippen molar-refractivity contribution >= 4 is 34.8 Å². The number of halogens is 2. The molecule has 25 heavy (non-hydrogen) atoms. The highest BCUT2D eigenvalue weighted by molar-refractivity contribution is 7.15. The summed E-state index contributed by atoms with van der Waals surface area (Å²) in [6.07, 6.45) is 3.57. The van der Waals surface area contributed by atoms with E-state index >= 15 is 0 Å². The number of methoxy groups -OCH3 is 1. The van der Waals surface area contributed by atoms with Crippen LogP contribution in [0.25, 0.3) is 0 Å². The predicted octanol–water partition coefficient (Wildman–Crippen LogP) is 3.00. The molecule has 1 aromatic carbocycles. The lowest BCUT2D eigenvalue weighted by Crippen LogP contribution is -2.51. The Labute approximate surface area is 156 Å². The van der Waals surface area contributed by atoms with Crippen LogP contribution in [0.5, 0.6) is 0 Å². The van der Waals surface area contributed by atoms with Crippen molar-refractivity contribution in [2.24, 2.45) is 0 Å². The van der Waals surface area contributed by atoms with Gasteiger partial charge in [-0.1, -0.05) is 12.1 Å². The Kier molecular flexibility index (Phi) is 6.89. The highest BCUT2D eigenvalue weighted by Crippen LogP contribution is 2.27. The predicted molar refractivity (Wildman–Crippen MR) is 99.0 cm³/mol. The van der Waals surface area contributed by atoms with E-state index in [0.29, 0.717) is 24.4 Å². The molecular weight excluding hydrogens is 365 g/mol. The summed E-state index contributed by atoms with van der Waals surface area (Å²) >= 11 is 1.40. The molecule has 1 aliphatic rings. The standard InChI is InChI=1S/C17H20FN3O2S.ClH/c1-23-17(5-7-19-8-6-17)15(22)21-16-20-11-14(24-16)10-12-3-2-4-13(18)9-12;/h2-4,9,11,19H,5-8,10H2,1H3,(H,20,21,22);1H. The zero-order chi connectivity index (χ0) is 17.0. The van der Waals surface area contributed by atoms with Gasteiger partial charge in [0.05, 0.1) is 0 Å². The summed E-state index contributed by atoms with van der Waals surface area (Å²) in [5.74, 6) is -0.406. The number of nitrogens with zero attached hydrogens (tertiary/aromatic N) is 1. The van der Waals surface area contributed by atoms with Gasteiger partial charge in [0.1, 0.15) is 11.4 Å². The Hall–Kier alpha value is -1.54. The number of carbonyl (C=O) groups is 1. The molecule has 0 unspecified atom stereocenters. The first-order valence-electron chi connectivity index (χ1n) is 7.88. The number of ether oxygens (including phenoxy) is 1. The summed E-state index contributed by atoms with van der Waals surface area (Å²) in [6, 6.07) is 6.49. The number of rotatable bonds is 5. The summed E-state index contributed by atoms with van der Waals surface area (Å²) < 4.78 is 18.8. The molecule has 0 aliphatic carbocycles. The third-order valence-corrected chi connectivity index (χ3v) is 5.17. The molecule has 0 saturated carbocycles. The zero-order valence-corrected chi connectivity index (χ0v) is 15.5. The Morgan fingerprint density at radius 3 is 2.88 bits per heavy atom. The topological polar surface area (TPSA) is 63.2 Å². The van der Waals surface area contributed by atoms with Crippen molar-refractivity contribution in [3.05, 3.63) is 46.7 Å². The molecule has 8 heteroatoms. The van der Waals surface area contributed by atoms with E-state index in [1.807, 2.05) is 6.07 Å². The van der Waals surface area contributed by atoms with Crippen LogP contribution in [0.3, 0.4) is 0 Å². The molecule has 3 rings (SSSR count). The van der Waals surface area contributed by atoms with Gasteiger partial charge < -0.3 is 10.1 Å². The van der Waals surface area contributed by atoms with E-state index in [1.165, 1.54) is 23.5 Å². The van der Waals surface area contributed by atoms with Gasteiger partial charge in [-0.2, -0.15) is 0 Å². The maximum Gasteiger partial charge on any atom is 0.258 e. The fourth-order valence-corrected chi connectivity index (χ4v) is 3.70. The zero-order valence-electron chi connectivity index (χ0n) is 13.9. The first-order valence-corrected chi connectivity index (χ1v) is 8.69. The summed E-state index contributed by atoms with van der Waals surface area (Å²) in [6.45, 7) is 1.51. The number of anilines is 1. The van der Waals surface area contributed by atoms with Gasteiger partial charge in [0, 0.05) is 24.6 Å². The Bertz CT molecular complexity index is 719. The largest absolute Gasteiger partial charge is 0.368 e. The summed E-state index contributed by atoms with van der Waals surface area (Å²) in [5, 5.41) is 6.63. The summed E-state index contributed by atoms with van der Waals surface area (Å²) in [4.78, 5) is 17.8. The minimum absolute atomic E-state index is 0. The summed E-state index contributed by atoms with van der Waals surface area (Å²) in [5.41, 5.74) is 0.0860. The average Bonchev–Trinajstić information content (AvgIpc) is 3.02. The molecule has 0 atom stereocenters. The van der Waals surface area contributed by atoms with Gasteiger partial charge in [0.15, 0.2) is 5.13 Å². The van der Waals surface area contributed by atoms with Crippen LogP contribution < -0.4 is 10.6 Å². The average molecular weight is 386 g/mol. The molecule has 0 spiro atoms. The minimum atomic E-state index is -0.792. The number of hydrogen-bond acceptors (Lipinski definition) is 5. The number of nitrogens with one attached hydrogen (secondary N) is 2. The van der Waals surface area contributed by atoms with Gasteiger partial charge in [-0.25, -0.2) is 9.37 Å². The van der Waals surface area contributed by atoms with Crippen LogP contribution >= 0.6 is 23.7 Å². The highest BCUT2D eigenvalue weighted by Gasteiger charge is 2.40. The number of hydrogen-bond donors (Lipinski definition) is 2. The molecule has 5 nitrogen and oxygen atoms in total. The molecule has 2 heterocycles. The third kappa shape index (κ3) is 4.76. The minimum Gasteiger partial charge on any atom is -0.368 e. The van der Waals surface area contributed by atoms with Gasteiger partial charge >= 0.3 is 0 Å². The van der Waals surface area contributed by atoms with Crippen LogP contribution in [-0.2, 0) is 16.0 Å². The van der Waals surface area contributed by atoms with Crippen molar-refractivity contribution in [1.82, 2.24) is 10.3 Å². The van der Waals surface area contributed by atoms with Gasteiger partial charge in [-0.05, 0) is 43.6 Å². The second-order valence-electron chi connectivity index (χ2n) is 5.84. The first-order chi connectivity index (χ1) is 11.6. The Morgan fingerprint density at radius 2 is 2.20 bits per heavy atom. The SMILES string of the molecule is COC1(C(=O)Nc2ncc(Cc3cccc(F)c3)s2)CCNCC1.Cl. The van der Waals surface area contributed by atoms with E-state index in [2.05, 4.69) is 15.6 Å². The molecule has 136 valence electrons. The fraction of sp³-hybridized carbons (Fsp3) is 0.412. The lowest BCUT2D eigenvalue weighted by atomic mass is 9.91. The van der Waals surface area contributed by atoms with Crippen molar-refractivity contribution < 1.29 is 13.9 Å². The normalized spacial score (nSPS) is 16.1.